The lowest BCUT2D eigenvalue weighted by Gasteiger charge is -2.14. The molecule has 0 aliphatic rings. The summed E-state index contributed by atoms with van der Waals surface area (Å²) >= 11 is 0. The van der Waals surface area contributed by atoms with Crippen molar-refractivity contribution < 1.29 is 66.6 Å². The van der Waals surface area contributed by atoms with Gasteiger partial charge in [0.05, 0.1) is 52.9 Å². The molecular weight excluding hydrogens is 582 g/mol. The van der Waals surface area contributed by atoms with Crippen molar-refractivity contribution in [2.45, 2.75) is 20.1 Å². The summed E-state index contributed by atoms with van der Waals surface area (Å²) in [6.07, 6.45) is -3.71. The highest BCUT2D eigenvalue weighted by atomic mass is 16.7. The number of alkyl carbamates (subject to hydrolysis) is 4. The van der Waals surface area contributed by atoms with Crippen LogP contribution in [-0.2, 0) is 47.4 Å². The Kier molecular flexibility index (Phi) is 26.1. The molecule has 0 saturated carbocycles. The van der Waals surface area contributed by atoms with Gasteiger partial charge in [0.25, 0.3) is 0 Å². The van der Waals surface area contributed by atoms with E-state index in [0.717, 1.165) is 0 Å². The maximum absolute atomic E-state index is 11.6. The van der Waals surface area contributed by atoms with Crippen LogP contribution in [0.2, 0.25) is 0 Å². The molecule has 43 heavy (non-hydrogen) atoms. The zero-order valence-electron chi connectivity index (χ0n) is 24.7. The lowest BCUT2D eigenvalue weighted by molar-refractivity contribution is -0.142. The van der Waals surface area contributed by atoms with Gasteiger partial charge in [0, 0.05) is 26.2 Å². The summed E-state index contributed by atoms with van der Waals surface area (Å²) in [6.45, 7) is 5.30. The van der Waals surface area contributed by atoms with Crippen LogP contribution in [0.1, 0.15) is 13.8 Å². The molecule has 0 rings (SSSR count). The van der Waals surface area contributed by atoms with Crippen LogP contribution in [-0.4, -0.2) is 142 Å². The molecule has 0 bridgehead atoms. The number of rotatable bonds is 25. The molecule has 0 aliphatic carbocycles. The van der Waals surface area contributed by atoms with Crippen molar-refractivity contribution in [3.8, 4) is 0 Å². The molecule has 0 saturated heterocycles. The molecule has 1 atom stereocenters. The first kappa shape index (κ1) is 39.4. The summed E-state index contributed by atoms with van der Waals surface area (Å²) in [4.78, 5) is 57.3. The molecule has 0 aromatic rings. The minimum absolute atomic E-state index is 0.0159. The van der Waals surface area contributed by atoms with E-state index in [1.807, 2.05) is 0 Å². The van der Waals surface area contributed by atoms with Gasteiger partial charge in [0.2, 0.25) is 6.29 Å². The average Bonchev–Trinajstić information content (AvgIpc) is 2.97. The summed E-state index contributed by atoms with van der Waals surface area (Å²) in [5.41, 5.74) is 5.26. The Balaban J connectivity index is 3.50. The summed E-state index contributed by atoms with van der Waals surface area (Å²) in [5, 5.41) is 9.63. The SMILES string of the molecule is CCOC(=O)CNC(=O)OC(C)OCCNC(=O)OCCOCCNC(=O)OCCOCCNC(=O)OCCOCCN. The van der Waals surface area contributed by atoms with Gasteiger partial charge >= 0.3 is 30.3 Å². The maximum atomic E-state index is 11.6. The van der Waals surface area contributed by atoms with Crippen molar-refractivity contribution in [3.63, 3.8) is 0 Å². The molecule has 6 N–H and O–H groups in total. The number of esters is 1. The van der Waals surface area contributed by atoms with Gasteiger partial charge in [-0.3, -0.25) is 4.79 Å². The van der Waals surface area contributed by atoms with E-state index in [0.29, 0.717) is 13.2 Å². The molecular formula is C24H45N5O14. The van der Waals surface area contributed by atoms with Gasteiger partial charge in [0.1, 0.15) is 26.4 Å². The first-order valence-corrected chi connectivity index (χ1v) is 13.6. The van der Waals surface area contributed by atoms with Crippen molar-refractivity contribution in [3.05, 3.63) is 0 Å². The molecule has 0 fully saturated rings. The lowest BCUT2D eigenvalue weighted by atomic mass is 10.6. The summed E-state index contributed by atoms with van der Waals surface area (Å²) < 4.78 is 45.0. The van der Waals surface area contributed by atoms with Crippen LogP contribution in [0.15, 0.2) is 0 Å². The minimum Gasteiger partial charge on any atom is -0.465 e. The van der Waals surface area contributed by atoms with E-state index in [-0.39, 0.29) is 92.2 Å². The third kappa shape index (κ3) is 28.3. The third-order valence-corrected chi connectivity index (χ3v) is 4.36. The fourth-order valence-corrected chi connectivity index (χ4v) is 2.53. The zero-order valence-corrected chi connectivity index (χ0v) is 24.7. The number of hydrogen-bond acceptors (Lipinski definition) is 15. The first-order chi connectivity index (χ1) is 20.8. The van der Waals surface area contributed by atoms with Crippen LogP contribution in [0.3, 0.4) is 0 Å². The molecule has 0 aromatic heterocycles. The van der Waals surface area contributed by atoms with Crippen molar-refractivity contribution in [2.75, 3.05) is 105 Å². The Morgan fingerprint density at radius 1 is 0.581 bits per heavy atom. The van der Waals surface area contributed by atoms with Gasteiger partial charge in [-0.25, -0.2) is 19.2 Å². The standard InChI is InChI=1S/C24H45N5O14/c1-3-38-20(30)18-29-24(34)43-19(2)39-11-7-28-23(33)42-17-14-37-10-6-27-22(32)41-16-13-36-9-5-26-21(31)40-15-12-35-8-4-25/h19H,3-18,25H2,1-2H3,(H,26,31)(H,27,32)(H,28,33)(H,29,34). The summed E-state index contributed by atoms with van der Waals surface area (Å²) in [5.74, 6) is -0.595. The number of nitrogens with two attached hydrogens (primary N) is 1. The Labute approximate surface area is 250 Å². The van der Waals surface area contributed by atoms with E-state index in [4.69, 9.17) is 43.6 Å². The molecule has 4 amide bonds. The Morgan fingerprint density at radius 2 is 1.05 bits per heavy atom. The van der Waals surface area contributed by atoms with Crippen LogP contribution >= 0.6 is 0 Å². The second kappa shape index (κ2) is 28.5. The van der Waals surface area contributed by atoms with Crippen molar-refractivity contribution >= 4 is 30.3 Å². The van der Waals surface area contributed by atoms with Crippen LogP contribution in [0.5, 0.6) is 0 Å². The normalized spacial score (nSPS) is 11.0. The van der Waals surface area contributed by atoms with Gasteiger partial charge in [-0.1, -0.05) is 0 Å². The highest BCUT2D eigenvalue weighted by Gasteiger charge is 2.12. The van der Waals surface area contributed by atoms with Gasteiger partial charge in [0.15, 0.2) is 0 Å². The van der Waals surface area contributed by atoms with Gasteiger partial charge in [-0.2, -0.15) is 0 Å². The fraction of sp³-hybridized carbons (Fsp3) is 0.792. The molecule has 19 heteroatoms. The lowest BCUT2D eigenvalue weighted by Crippen LogP contribution is -2.35. The number of carbonyl (C=O) groups excluding carboxylic acids is 5. The van der Waals surface area contributed by atoms with Crippen LogP contribution < -0.4 is 27.0 Å². The molecule has 0 heterocycles. The zero-order chi connectivity index (χ0) is 32.0. The van der Waals surface area contributed by atoms with Crippen molar-refractivity contribution in [2.24, 2.45) is 5.73 Å². The quantitative estimate of drug-likeness (QED) is 0.0346. The van der Waals surface area contributed by atoms with Gasteiger partial charge < -0.3 is 69.6 Å². The van der Waals surface area contributed by atoms with E-state index in [1.54, 1.807) is 6.92 Å². The third-order valence-electron chi connectivity index (χ3n) is 4.36. The van der Waals surface area contributed by atoms with E-state index in [9.17, 15) is 24.0 Å². The Morgan fingerprint density at radius 3 is 1.51 bits per heavy atom. The molecule has 19 nitrogen and oxygen atoms in total. The van der Waals surface area contributed by atoms with Gasteiger partial charge in [-0.15, -0.1) is 0 Å². The van der Waals surface area contributed by atoms with E-state index >= 15 is 0 Å². The maximum Gasteiger partial charge on any atom is 0.409 e. The second-order valence-corrected chi connectivity index (χ2v) is 7.82. The van der Waals surface area contributed by atoms with Gasteiger partial charge in [-0.05, 0) is 13.8 Å². The van der Waals surface area contributed by atoms with E-state index < -0.39 is 36.6 Å². The monoisotopic (exact) mass is 627 g/mol. The number of hydrogen-bond donors (Lipinski definition) is 5. The van der Waals surface area contributed by atoms with Crippen LogP contribution in [0, 0.1) is 0 Å². The number of carbonyl (C=O) groups is 5. The molecule has 0 spiro atoms. The summed E-state index contributed by atoms with van der Waals surface area (Å²) in [6, 6.07) is 0. The Hall–Kier alpha value is -3.65. The Bertz CT molecular complexity index is 777. The second-order valence-electron chi connectivity index (χ2n) is 7.82. The van der Waals surface area contributed by atoms with Crippen molar-refractivity contribution in [1.29, 1.82) is 0 Å². The van der Waals surface area contributed by atoms with Crippen LogP contribution in [0.25, 0.3) is 0 Å². The minimum atomic E-state index is -0.919. The highest BCUT2D eigenvalue weighted by Crippen LogP contribution is 1.94. The molecule has 250 valence electrons. The smallest absolute Gasteiger partial charge is 0.409 e. The largest absolute Gasteiger partial charge is 0.465 e. The molecule has 0 radical (unpaired) electrons. The predicted molar refractivity (Wildman–Crippen MR) is 146 cm³/mol. The fourth-order valence-electron chi connectivity index (χ4n) is 2.53. The molecule has 1 unspecified atom stereocenters. The van der Waals surface area contributed by atoms with Crippen LogP contribution in [0.4, 0.5) is 19.2 Å². The molecule has 0 aromatic carbocycles. The number of amides is 4. The predicted octanol–water partition coefficient (Wildman–Crippen LogP) is -1.17. The first-order valence-electron chi connectivity index (χ1n) is 13.6. The highest BCUT2D eigenvalue weighted by molar-refractivity contribution is 5.77. The number of nitrogens with one attached hydrogen (secondary N) is 4. The van der Waals surface area contributed by atoms with E-state index in [2.05, 4.69) is 26.0 Å². The number of ether oxygens (including phenoxy) is 9. The average molecular weight is 628 g/mol. The van der Waals surface area contributed by atoms with Crippen molar-refractivity contribution in [1.82, 2.24) is 21.3 Å². The molecule has 0 aliphatic heterocycles. The summed E-state index contributed by atoms with van der Waals surface area (Å²) in [7, 11) is 0. The topological polar surface area (TPSA) is 243 Å². The van der Waals surface area contributed by atoms with E-state index in [1.165, 1.54) is 6.92 Å².